The molecule has 0 aliphatic carbocycles. The van der Waals surface area contributed by atoms with Crippen LogP contribution in [-0.4, -0.2) is 28.4 Å². The number of nitrogens with zero attached hydrogens (tertiary/aromatic N) is 5. The third-order valence-electron chi connectivity index (χ3n) is 2.21. The second kappa shape index (κ2) is 5.03. The third-order valence-corrected chi connectivity index (χ3v) is 3.47. The lowest BCUT2D eigenvalue weighted by Crippen LogP contribution is -2.15. The zero-order valence-electron chi connectivity index (χ0n) is 9.98. The van der Waals surface area contributed by atoms with Crippen LogP contribution >= 0.6 is 0 Å². The van der Waals surface area contributed by atoms with Crippen LogP contribution in [-0.2, 0) is 16.6 Å². The molecule has 8 nitrogen and oxygen atoms in total. The lowest BCUT2D eigenvalue weighted by atomic mass is 10.4. The smallest absolute Gasteiger partial charge is 0.259 e. The molecular weight excluding hydrogens is 268 g/mol. The molecule has 2 aromatic heterocycles. The molecule has 0 radical (unpaired) electrons. The number of nitriles is 1. The first-order chi connectivity index (χ1) is 9.05. The average Bonchev–Trinajstić information content (AvgIpc) is 2.85. The summed E-state index contributed by atoms with van der Waals surface area (Å²) in [7, 11) is -3.87. The highest BCUT2D eigenvalue weighted by atomic mass is 32.2. The number of pyridine rings is 1. The summed E-state index contributed by atoms with van der Waals surface area (Å²) in [4.78, 5) is 3.72. The maximum atomic E-state index is 12.0. The zero-order chi connectivity index (χ0) is 13.9. The molecule has 0 saturated carbocycles. The molecular formula is C10H10N6O2S. The van der Waals surface area contributed by atoms with Gasteiger partial charge in [-0.3, -0.25) is 9.40 Å². The molecule has 0 aliphatic rings. The van der Waals surface area contributed by atoms with Gasteiger partial charge in [0, 0.05) is 6.54 Å². The molecule has 1 N–H and O–H groups in total. The number of hydrogen-bond donors (Lipinski definition) is 1. The first-order valence-electron chi connectivity index (χ1n) is 5.35. The monoisotopic (exact) mass is 278 g/mol. The van der Waals surface area contributed by atoms with Gasteiger partial charge in [0.15, 0.2) is 10.8 Å². The fraction of sp³-hybridized carbons (Fsp3) is 0.200. The first kappa shape index (κ1) is 13.0. The average molecular weight is 278 g/mol. The van der Waals surface area contributed by atoms with E-state index in [-0.39, 0.29) is 16.5 Å². The molecule has 0 aromatic carbocycles. The van der Waals surface area contributed by atoms with Gasteiger partial charge in [-0.2, -0.15) is 13.7 Å². The lowest BCUT2D eigenvalue weighted by molar-refractivity contribution is 0.597. The molecule has 19 heavy (non-hydrogen) atoms. The number of nitrogens with one attached hydrogen (secondary N) is 1. The van der Waals surface area contributed by atoms with E-state index in [0.717, 1.165) is 0 Å². The van der Waals surface area contributed by atoms with E-state index < -0.39 is 10.0 Å². The number of aryl methyl sites for hydroxylation is 1. The van der Waals surface area contributed by atoms with Gasteiger partial charge in [0.25, 0.3) is 10.0 Å². The van der Waals surface area contributed by atoms with Crippen molar-refractivity contribution in [1.29, 1.82) is 5.26 Å². The van der Waals surface area contributed by atoms with Gasteiger partial charge < -0.3 is 0 Å². The molecule has 0 bridgehead atoms. The van der Waals surface area contributed by atoms with Crippen molar-refractivity contribution in [2.75, 3.05) is 4.72 Å². The molecule has 2 aromatic rings. The second-order valence-electron chi connectivity index (χ2n) is 3.54. The highest BCUT2D eigenvalue weighted by Gasteiger charge is 2.17. The van der Waals surface area contributed by atoms with Crippen LogP contribution in [0.4, 0.5) is 5.82 Å². The van der Waals surface area contributed by atoms with Gasteiger partial charge in [0.1, 0.15) is 11.8 Å². The van der Waals surface area contributed by atoms with E-state index in [0.29, 0.717) is 6.54 Å². The van der Waals surface area contributed by atoms with E-state index in [1.54, 1.807) is 6.07 Å². The fourth-order valence-corrected chi connectivity index (χ4v) is 2.27. The molecule has 0 unspecified atom stereocenters. The van der Waals surface area contributed by atoms with E-state index in [1.165, 1.54) is 29.1 Å². The Labute approximate surface area is 109 Å². The summed E-state index contributed by atoms with van der Waals surface area (Å²) in [5, 5.41) is 15.8. The largest absolute Gasteiger partial charge is 0.280 e. The van der Waals surface area contributed by atoms with Gasteiger partial charge in [0.05, 0.1) is 6.20 Å². The minimum absolute atomic E-state index is 0.0279. The summed E-state index contributed by atoms with van der Waals surface area (Å²) in [5.41, 5.74) is 0.0279. The van der Waals surface area contributed by atoms with Crippen molar-refractivity contribution in [3.63, 3.8) is 0 Å². The Morgan fingerprint density at radius 1 is 1.47 bits per heavy atom. The number of anilines is 1. The Balaban J connectivity index is 2.29. The molecule has 2 rings (SSSR count). The molecule has 0 fully saturated rings. The minimum Gasteiger partial charge on any atom is -0.259 e. The molecule has 0 spiro atoms. The zero-order valence-corrected chi connectivity index (χ0v) is 10.8. The van der Waals surface area contributed by atoms with Crippen LogP contribution in [0.25, 0.3) is 0 Å². The summed E-state index contributed by atoms with van der Waals surface area (Å²) in [6, 6.07) is 5.95. The van der Waals surface area contributed by atoms with Crippen LogP contribution in [0.3, 0.4) is 0 Å². The Morgan fingerprint density at radius 3 is 2.89 bits per heavy atom. The molecule has 2 heterocycles. The quantitative estimate of drug-likeness (QED) is 0.864. The van der Waals surface area contributed by atoms with Gasteiger partial charge in [-0.1, -0.05) is 11.3 Å². The predicted molar refractivity (Wildman–Crippen MR) is 65.5 cm³/mol. The van der Waals surface area contributed by atoms with Gasteiger partial charge in [-0.25, -0.2) is 4.98 Å². The predicted octanol–water partition coefficient (Wildman–Crippen LogP) is 0.365. The van der Waals surface area contributed by atoms with E-state index in [2.05, 4.69) is 20.0 Å². The first-order valence-corrected chi connectivity index (χ1v) is 6.83. The number of aromatic nitrogens is 4. The molecule has 0 saturated heterocycles. The van der Waals surface area contributed by atoms with E-state index in [1.807, 2.05) is 6.92 Å². The van der Waals surface area contributed by atoms with Crippen LogP contribution in [0.2, 0.25) is 0 Å². The molecule has 98 valence electrons. The van der Waals surface area contributed by atoms with E-state index >= 15 is 0 Å². The number of rotatable bonds is 4. The maximum absolute atomic E-state index is 12.0. The van der Waals surface area contributed by atoms with Crippen LogP contribution in [0.15, 0.2) is 29.4 Å². The highest BCUT2D eigenvalue weighted by molar-refractivity contribution is 7.92. The van der Waals surface area contributed by atoms with Crippen LogP contribution in [0.5, 0.6) is 0 Å². The van der Waals surface area contributed by atoms with Crippen LogP contribution < -0.4 is 4.72 Å². The summed E-state index contributed by atoms with van der Waals surface area (Å²) in [6.45, 7) is 2.43. The molecule has 9 heteroatoms. The Morgan fingerprint density at radius 2 is 2.26 bits per heavy atom. The van der Waals surface area contributed by atoms with Crippen molar-refractivity contribution in [3.8, 4) is 6.07 Å². The van der Waals surface area contributed by atoms with Crippen LogP contribution in [0, 0.1) is 11.3 Å². The minimum atomic E-state index is -3.87. The van der Waals surface area contributed by atoms with Gasteiger partial charge >= 0.3 is 0 Å². The van der Waals surface area contributed by atoms with Crippen molar-refractivity contribution < 1.29 is 8.42 Å². The SMILES string of the molecule is CCn1cc(NS(=O)(=O)c2cccc(C#N)n2)nn1. The van der Waals surface area contributed by atoms with Crippen LogP contribution in [0.1, 0.15) is 12.6 Å². The number of hydrogen-bond acceptors (Lipinski definition) is 6. The molecule has 0 atom stereocenters. The maximum Gasteiger partial charge on any atom is 0.280 e. The van der Waals surface area contributed by atoms with Crippen molar-refractivity contribution >= 4 is 15.8 Å². The standard InChI is InChI=1S/C10H10N6O2S/c1-2-16-7-9(13-15-16)14-19(17,18)10-5-3-4-8(6-11)12-10/h3-5,7,14H,2H2,1H3. The lowest BCUT2D eigenvalue weighted by Gasteiger charge is -2.03. The van der Waals surface area contributed by atoms with E-state index in [9.17, 15) is 8.42 Å². The Bertz CT molecular complexity index is 730. The van der Waals surface area contributed by atoms with E-state index in [4.69, 9.17) is 5.26 Å². The Hall–Kier alpha value is -2.47. The van der Waals surface area contributed by atoms with Gasteiger partial charge in [-0.15, -0.1) is 5.10 Å². The highest BCUT2D eigenvalue weighted by Crippen LogP contribution is 2.11. The van der Waals surface area contributed by atoms with Crippen molar-refractivity contribution in [3.05, 3.63) is 30.1 Å². The summed E-state index contributed by atoms with van der Waals surface area (Å²) in [6.07, 6.45) is 1.46. The topological polar surface area (TPSA) is 114 Å². The van der Waals surface area contributed by atoms with Gasteiger partial charge in [-0.05, 0) is 19.1 Å². The molecule has 0 aliphatic heterocycles. The summed E-state index contributed by atoms with van der Waals surface area (Å²) >= 11 is 0. The number of sulfonamides is 1. The summed E-state index contributed by atoms with van der Waals surface area (Å²) in [5.74, 6) is 0.103. The third kappa shape index (κ3) is 2.86. The molecule has 0 amide bonds. The van der Waals surface area contributed by atoms with Crippen molar-refractivity contribution in [2.24, 2.45) is 0 Å². The van der Waals surface area contributed by atoms with Gasteiger partial charge in [0.2, 0.25) is 0 Å². The second-order valence-corrected chi connectivity index (χ2v) is 5.17. The normalized spacial score (nSPS) is 10.9. The summed E-state index contributed by atoms with van der Waals surface area (Å²) < 4.78 is 27.7. The Kier molecular flexibility index (Phi) is 3.43. The van der Waals surface area contributed by atoms with Crippen molar-refractivity contribution in [2.45, 2.75) is 18.5 Å². The van der Waals surface area contributed by atoms with Crippen molar-refractivity contribution in [1.82, 2.24) is 20.0 Å². The fourth-order valence-electron chi connectivity index (χ4n) is 1.32.